The standard InChI is InChI=1S/C15H28N2O4/c1-5-11(2)17(9-10-21-4)14(20)16-12-7-6-8-15(12,3)13(18)19/h11-12H,5-10H2,1-4H3,(H,16,20)(H,18,19). The number of ether oxygens (including phenoxy) is 1. The largest absolute Gasteiger partial charge is 0.481 e. The Morgan fingerprint density at radius 1 is 1.52 bits per heavy atom. The Balaban J connectivity index is 2.74. The molecule has 3 atom stereocenters. The zero-order valence-corrected chi connectivity index (χ0v) is 13.5. The summed E-state index contributed by atoms with van der Waals surface area (Å²) in [5.74, 6) is -0.836. The number of carbonyl (C=O) groups is 2. The first kappa shape index (κ1) is 17.8. The summed E-state index contributed by atoms with van der Waals surface area (Å²) in [6, 6.07) is -0.407. The van der Waals surface area contributed by atoms with Crippen molar-refractivity contribution in [3.05, 3.63) is 0 Å². The minimum Gasteiger partial charge on any atom is -0.481 e. The highest BCUT2D eigenvalue weighted by Gasteiger charge is 2.46. The molecule has 0 aromatic carbocycles. The van der Waals surface area contributed by atoms with Crippen LogP contribution in [0.25, 0.3) is 0 Å². The van der Waals surface area contributed by atoms with E-state index in [1.54, 1.807) is 18.9 Å². The Labute approximate surface area is 126 Å². The van der Waals surface area contributed by atoms with Crippen LogP contribution in [0.2, 0.25) is 0 Å². The zero-order valence-electron chi connectivity index (χ0n) is 13.5. The number of carboxylic acids is 1. The maximum atomic E-state index is 12.5. The average molecular weight is 300 g/mol. The fourth-order valence-corrected chi connectivity index (χ4v) is 2.82. The van der Waals surface area contributed by atoms with Crippen molar-refractivity contribution in [2.75, 3.05) is 20.3 Å². The lowest BCUT2D eigenvalue weighted by atomic mass is 9.85. The second-order valence-electron chi connectivity index (χ2n) is 6.06. The molecule has 1 fully saturated rings. The van der Waals surface area contributed by atoms with Crippen LogP contribution in [-0.4, -0.2) is 54.4 Å². The molecule has 3 unspecified atom stereocenters. The highest BCUT2D eigenvalue weighted by Crippen LogP contribution is 2.38. The quantitative estimate of drug-likeness (QED) is 0.754. The minimum atomic E-state index is -0.863. The number of rotatable bonds is 7. The molecule has 0 aromatic rings. The second-order valence-corrected chi connectivity index (χ2v) is 6.06. The van der Waals surface area contributed by atoms with Gasteiger partial charge in [0.1, 0.15) is 0 Å². The molecule has 0 aromatic heterocycles. The molecule has 0 saturated heterocycles. The van der Waals surface area contributed by atoms with Gasteiger partial charge in [-0.15, -0.1) is 0 Å². The van der Waals surface area contributed by atoms with E-state index in [9.17, 15) is 14.7 Å². The fraction of sp³-hybridized carbons (Fsp3) is 0.867. The van der Waals surface area contributed by atoms with Gasteiger partial charge in [0.2, 0.25) is 0 Å². The Morgan fingerprint density at radius 2 is 2.19 bits per heavy atom. The molecular formula is C15H28N2O4. The maximum Gasteiger partial charge on any atom is 0.317 e. The number of amides is 2. The molecule has 6 nitrogen and oxygen atoms in total. The van der Waals surface area contributed by atoms with Crippen molar-refractivity contribution < 1.29 is 19.4 Å². The fourth-order valence-electron chi connectivity index (χ4n) is 2.82. The van der Waals surface area contributed by atoms with Crippen molar-refractivity contribution in [3.8, 4) is 0 Å². The lowest BCUT2D eigenvalue weighted by Gasteiger charge is -2.33. The number of nitrogens with zero attached hydrogens (tertiary/aromatic N) is 1. The van der Waals surface area contributed by atoms with Crippen LogP contribution in [0, 0.1) is 5.41 Å². The SMILES string of the molecule is CCC(C)N(CCOC)C(=O)NC1CCCC1(C)C(=O)O. The Bertz CT molecular complexity index is 375. The summed E-state index contributed by atoms with van der Waals surface area (Å²) in [6.07, 6.45) is 3.00. The van der Waals surface area contributed by atoms with Crippen molar-refractivity contribution in [1.29, 1.82) is 0 Å². The van der Waals surface area contributed by atoms with Gasteiger partial charge >= 0.3 is 12.0 Å². The summed E-state index contributed by atoms with van der Waals surface area (Å²) in [6.45, 7) is 6.71. The Hall–Kier alpha value is -1.30. The van der Waals surface area contributed by atoms with E-state index < -0.39 is 11.4 Å². The normalized spacial score (nSPS) is 26.4. The molecule has 2 amide bonds. The van der Waals surface area contributed by atoms with Crippen molar-refractivity contribution in [2.45, 2.75) is 58.5 Å². The molecule has 1 rings (SSSR count). The van der Waals surface area contributed by atoms with Crippen LogP contribution in [-0.2, 0) is 9.53 Å². The predicted octanol–water partition coefficient (Wildman–Crippen LogP) is 2.09. The van der Waals surface area contributed by atoms with E-state index in [0.717, 1.165) is 12.8 Å². The van der Waals surface area contributed by atoms with Gasteiger partial charge in [0, 0.05) is 25.7 Å². The molecule has 0 aliphatic heterocycles. The summed E-state index contributed by atoms with van der Waals surface area (Å²) in [7, 11) is 1.60. The van der Waals surface area contributed by atoms with Gasteiger partial charge < -0.3 is 20.1 Å². The first-order valence-electron chi connectivity index (χ1n) is 7.66. The van der Waals surface area contributed by atoms with Crippen LogP contribution in [0.1, 0.15) is 46.5 Å². The highest BCUT2D eigenvalue weighted by atomic mass is 16.5. The third-order valence-electron chi connectivity index (χ3n) is 4.66. The zero-order chi connectivity index (χ0) is 16.0. The van der Waals surface area contributed by atoms with E-state index in [1.165, 1.54) is 0 Å². The summed E-state index contributed by atoms with van der Waals surface area (Å²) in [4.78, 5) is 25.7. The first-order valence-corrected chi connectivity index (χ1v) is 7.66. The molecule has 0 radical (unpaired) electrons. The van der Waals surface area contributed by atoms with Crippen molar-refractivity contribution in [1.82, 2.24) is 10.2 Å². The number of hydrogen-bond acceptors (Lipinski definition) is 3. The average Bonchev–Trinajstić information content (AvgIpc) is 2.81. The number of carboxylic acid groups (broad SMARTS) is 1. The first-order chi connectivity index (χ1) is 9.86. The summed E-state index contributed by atoms with van der Waals surface area (Å²) >= 11 is 0. The third-order valence-corrected chi connectivity index (χ3v) is 4.66. The number of nitrogens with one attached hydrogen (secondary N) is 1. The molecule has 0 spiro atoms. The lowest BCUT2D eigenvalue weighted by molar-refractivity contribution is -0.148. The molecule has 1 aliphatic rings. The monoisotopic (exact) mass is 300 g/mol. The van der Waals surface area contributed by atoms with Gasteiger partial charge in [-0.2, -0.15) is 0 Å². The minimum absolute atomic E-state index is 0.0950. The van der Waals surface area contributed by atoms with E-state index in [-0.39, 0.29) is 18.1 Å². The molecule has 0 heterocycles. The second kappa shape index (κ2) is 7.64. The van der Waals surface area contributed by atoms with Gasteiger partial charge in [-0.25, -0.2) is 4.79 Å². The van der Waals surface area contributed by atoms with Crippen molar-refractivity contribution in [3.63, 3.8) is 0 Å². The molecule has 1 aliphatic carbocycles. The van der Waals surface area contributed by atoms with E-state index in [2.05, 4.69) is 5.32 Å². The topological polar surface area (TPSA) is 78.9 Å². The van der Waals surface area contributed by atoms with Gasteiger partial charge in [0.05, 0.1) is 12.0 Å². The number of methoxy groups -OCH3 is 1. The summed E-state index contributed by atoms with van der Waals surface area (Å²) in [5.41, 5.74) is -0.863. The van der Waals surface area contributed by atoms with E-state index in [1.807, 2.05) is 13.8 Å². The van der Waals surface area contributed by atoms with Gasteiger partial charge in [0.25, 0.3) is 0 Å². The molecule has 122 valence electrons. The number of hydrogen-bond donors (Lipinski definition) is 2. The highest BCUT2D eigenvalue weighted by molar-refractivity contribution is 5.79. The maximum absolute atomic E-state index is 12.5. The van der Waals surface area contributed by atoms with E-state index in [0.29, 0.717) is 26.0 Å². The van der Waals surface area contributed by atoms with Crippen LogP contribution >= 0.6 is 0 Å². The van der Waals surface area contributed by atoms with Crippen LogP contribution in [0.4, 0.5) is 4.79 Å². The predicted molar refractivity (Wildman–Crippen MR) is 80.2 cm³/mol. The van der Waals surface area contributed by atoms with E-state index in [4.69, 9.17) is 4.74 Å². The number of urea groups is 1. The van der Waals surface area contributed by atoms with Crippen LogP contribution in [0.3, 0.4) is 0 Å². The summed E-state index contributed by atoms with van der Waals surface area (Å²) in [5, 5.41) is 12.3. The number of aliphatic carboxylic acids is 1. The lowest BCUT2D eigenvalue weighted by Crippen LogP contribution is -2.53. The van der Waals surface area contributed by atoms with Crippen molar-refractivity contribution >= 4 is 12.0 Å². The van der Waals surface area contributed by atoms with Gasteiger partial charge in [-0.3, -0.25) is 4.79 Å². The Morgan fingerprint density at radius 3 is 2.71 bits per heavy atom. The summed E-state index contributed by atoms with van der Waals surface area (Å²) < 4.78 is 5.05. The molecule has 1 saturated carbocycles. The van der Waals surface area contributed by atoms with E-state index >= 15 is 0 Å². The third kappa shape index (κ3) is 4.09. The number of carbonyl (C=O) groups excluding carboxylic acids is 1. The molecule has 6 heteroatoms. The molecule has 2 N–H and O–H groups in total. The Kier molecular flexibility index (Phi) is 6.45. The van der Waals surface area contributed by atoms with Crippen LogP contribution < -0.4 is 5.32 Å². The molecular weight excluding hydrogens is 272 g/mol. The van der Waals surface area contributed by atoms with Crippen LogP contribution in [0.15, 0.2) is 0 Å². The van der Waals surface area contributed by atoms with Gasteiger partial charge in [-0.05, 0) is 33.1 Å². The van der Waals surface area contributed by atoms with Gasteiger partial charge in [-0.1, -0.05) is 13.3 Å². The smallest absolute Gasteiger partial charge is 0.317 e. The van der Waals surface area contributed by atoms with Gasteiger partial charge in [0.15, 0.2) is 0 Å². The molecule has 0 bridgehead atoms. The molecule has 21 heavy (non-hydrogen) atoms. The van der Waals surface area contributed by atoms with Crippen molar-refractivity contribution in [2.24, 2.45) is 5.41 Å². The van der Waals surface area contributed by atoms with Crippen LogP contribution in [0.5, 0.6) is 0 Å².